The number of piperidine rings is 1. The molecule has 4 fully saturated rings. The standard InChI is InChI=1S/C26H33Cl2N3O5/c1-16-25(35)31-18(3-5-23(33)29-9-8-26(6-7-26)22(32)13-29)14-36-15-19(31)12-30(16)24(34)11-17-2-4-20(27)21(28)10-17/h2,4,10,16,18-19,22,32H,3,5-9,11-15H2,1H3/t16-,18-,19+,22+/m0/s1. The number of ether oxygens (including phenoxy) is 1. The SMILES string of the molecule is C[C@H]1C(=O)N2[C@@H](CCC(=O)N3CCC4(CC4)[C@H](O)C3)COC[C@H]2CN1C(=O)Cc1ccc(Cl)c(Cl)c1. The number of nitrogens with zero attached hydrogens (tertiary/aromatic N) is 3. The zero-order valence-corrected chi connectivity index (χ0v) is 22.0. The summed E-state index contributed by atoms with van der Waals surface area (Å²) in [5.74, 6) is -0.246. The molecule has 10 heteroatoms. The second-order valence-corrected chi connectivity index (χ2v) is 11.6. The summed E-state index contributed by atoms with van der Waals surface area (Å²) in [6.07, 6.45) is 3.47. The van der Waals surface area contributed by atoms with E-state index in [-0.39, 0.29) is 41.6 Å². The minimum Gasteiger partial charge on any atom is -0.391 e. The first-order valence-corrected chi connectivity index (χ1v) is 13.5. The van der Waals surface area contributed by atoms with Crippen LogP contribution in [0.15, 0.2) is 18.2 Å². The van der Waals surface area contributed by atoms with Gasteiger partial charge in [-0.25, -0.2) is 0 Å². The Bertz CT molecular complexity index is 1050. The average molecular weight is 538 g/mol. The third kappa shape index (κ3) is 4.97. The predicted molar refractivity (Wildman–Crippen MR) is 135 cm³/mol. The molecule has 36 heavy (non-hydrogen) atoms. The van der Waals surface area contributed by atoms with Gasteiger partial charge in [0.2, 0.25) is 17.7 Å². The van der Waals surface area contributed by atoms with Gasteiger partial charge < -0.3 is 24.5 Å². The lowest BCUT2D eigenvalue weighted by Gasteiger charge is -2.50. The molecule has 3 amide bonds. The van der Waals surface area contributed by atoms with Crippen LogP contribution in [0.2, 0.25) is 10.0 Å². The summed E-state index contributed by atoms with van der Waals surface area (Å²) >= 11 is 12.1. The Hall–Kier alpha value is -1.87. The highest BCUT2D eigenvalue weighted by atomic mass is 35.5. The summed E-state index contributed by atoms with van der Waals surface area (Å²) in [7, 11) is 0. The number of aliphatic hydroxyl groups is 1. The van der Waals surface area contributed by atoms with Gasteiger partial charge >= 0.3 is 0 Å². The summed E-state index contributed by atoms with van der Waals surface area (Å²) in [6, 6.07) is 4.05. The smallest absolute Gasteiger partial charge is 0.245 e. The molecule has 1 spiro atoms. The summed E-state index contributed by atoms with van der Waals surface area (Å²) < 4.78 is 5.81. The van der Waals surface area contributed by atoms with Gasteiger partial charge in [0.1, 0.15) is 6.04 Å². The Morgan fingerprint density at radius 2 is 1.89 bits per heavy atom. The van der Waals surface area contributed by atoms with Crippen LogP contribution in [0.4, 0.5) is 0 Å². The molecule has 1 N–H and O–H groups in total. The number of benzene rings is 1. The van der Waals surface area contributed by atoms with Gasteiger partial charge in [-0.2, -0.15) is 0 Å². The number of fused-ring (bicyclic) bond motifs is 1. The number of carbonyl (C=O) groups excluding carboxylic acids is 3. The van der Waals surface area contributed by atoms with Crippen LogP contribution in [0.3, 0.4) is 0 Å². The molecule has 1 saturated carbocycles. The summed E-state index contributed by atoms with van der Waals surface area (Å²) in [5.41, 5.74) is 0.795. The maximum absolute atomic E-state index is 13.4. The first-order chi connectivity index (χ1) is 17.2. The highest BCUT2D eigenvalue weighted by molar-refractivity contribution is 6.42. The molecule has 196 valence electrons. The number of aliphatic hydroxyl groups excluding tert-OH is 1. The predicted octanol–water partition coefficient (Wildman–Crippen LogP) is 2.52. The molecule has 4 atom stereocenters. The highest BCUT2D eigenvalue weighted by Gasteiger charge is 2.52. The molecular formula is C26H33Cl2N3O5. The number of hydrogen-bond donors (Lipinski definition) is 1. The van der Waals surface area contributed by atoms with Crippen LogP contribution in [0, 0.1) is 5.41 Å². The summed E-state index contributed by atoms with van der Waals surface area (Å²) in [6.45, 7) is 3.97. The second kappa shape index (κ2) is 10.1. The number of morpholine rings is 1. The molecule has 8 nitrogen and oxygen atoms in total. The van der Waals surface area contributed by atoms with Gasteiger partial charge in [-0.1, -0.05) is 29.3 Å². The van der Waals surface area contributed by atoms with Crippen molar-refractivity contribution in [1.29, 1.82) is 0 Å². The maximum atomic E-state index is 13.4. The van der Waals surface area contributed by atoms with E-state index in [1.54, 1.807) is 34.9 Å². The third-order valence-electron chi connectivity index (χ3n) is 8.47. The minimum absolute atomic E-state index is 0.0163. The van der Waals surface area contributed by atoms with Crippen molar-refractivity contribution in [3.63, 3.8) is 0 Å². The van der Waals surface area contributed by atoms with Crippen molar-refractivity contribution in [2.45, 2.75) is 69.7 Å². The van der Waals surface area contributed by atoms with Crippen molar-refractivity contribution in [1.82, 2.24) is 14.7 Å². The van der Waals surface area contributed by atoms with Crippen LogP contribution in [-0.2, 0) is 25.5 Å². The molecule has 0 unspecified atom stereocenters. The first-order valence-electron chi connectivity index (χ1n) is 12.8. The lowest BCUT2D eigenvalue weighted by molar-refractivity contribution is -0.168. The van der Waals surface area contributed by atoms with Crippen molar-refractivity contribution >= 4 is 40.9 Å². The van der Waals surface area contributed by atoms with E-state index < -0.39 is 12.1 Å². The fourth-order valence-electron chi connectivity index (χ4n) is 5.94. The normalized spacial score (nSPS) is 29.3. The fourth-order valence-corrected chi connectivity index (χ4v) is 6.26. The molecule has 3 aliphatic heterocycles. The number of likely N-dealkylation sites (tertiary alicyclic amines) is 1. The fraction of sp³-hybridized carbons (Fsp3) is 0.654. The van der Waals surface area contributed by atoms with Gasteiger partial charge in [-0.05, 0) is 55.7 Å². The van der Waals surface area contributed by atoms with Crippen molar-refractivity contribution in [3.05, 3.63) is 33.8 Å². The minimum atomic E-state index is -0.597. The molecule has 1 aromatic carbocycles. The number of β-amino-alcohol motifs (C(OH)–C–C–N with tert-alkyl or cyclic N) is 1. The van der Waals surface area contributed by atoms with Crippen LogP contribution < -0.4 is 0 Å². The molecule has 1 aliphatic carbocycles. The number of piperazine rings is 1. The van der Waals surface area contributed by atoms with E-state index in [2.05, 4.69) is 0 Å². The Morgan fingerprint density at radius 1 is 1.11 bits per heavy atom. The number of hydrogen-bond acceptors (Lipinski definition) is 5. The average Bonchev–Trinajstić information content (AvgIpc) is 3.64. The van der Waals surface area contributed by atoms with E-state index in [0.717, 1.165) is 24.8 Å². The van der Waals surface area contributed by atoms with Crippen LogP contribution in [0.5, 0.6) is 0 Å². The molecule has 1 aromatic rings. The number of amides is 3. The topological polar surface area (TPSA) is 90.4 Å². The van der Waals surface area contributed by atoms with Gasteiger partial charge in [0.05, 0.1) is 47.9 Å². The molecule has 0 aromatic heterocycles. The quantitative estimate of drug-likeness (QED) is 0.623. The number of carbonyl (C=O) groups is 3. The van der Waals surface area contributed by atoms with Gasteiger partial charge in [0.15, 0.2) is 0 Å². The van der Waals surface area contributed by atoms with Crippen LogP contribution in [0.1, 0.15) is 44.6 Å². The molecule has 0 radical (unpaired) electrons. The largest absolute Gasteiger partial charge is 0.391 e. The van der Waals surface area contributed by atoms with E-state index in [0.29, 0.717) is 55.7 Å². The first kappa shape index (κ1) is 25.8. The Kier molecular flexibility index (Phi) is 7.24. The van der Waals surface area contributed by atoms with Crippen molar-refractivity contribution in [2.75, 3.05) is 32.8 Å². The molecule has 3 saturated heterocycles. The van der Waals surface area contributed by atoms with Crippen LogP contribution >= 0.6 is 23.2 Å². The Labute approximate surface area is 221 Å². The van der Waals surface area contributed by atoms with Crippen molar-refractivity contribution in [3.8, 4) is 0 Å². The monoisotopic (exact) mass is 537 g/mol. The van der Waals surface area contributed by atoms with Crippen molar-refractivity contribution in [2.24, 2.45) is 5.41 Å². The van der Waals surface area contributed by atoms with E-state index >= 15 is 0 Å². The zero-order chi connectivity index (χ0) is 25.6. The highest BCUT2D eigenvalue weighted by Crippen LogP contribution is 2.53. The van der Waals surface area contributed by atoms with Crippen LogP contribution in [-0.4, -0.2) is 94.6 Å². The van der Waals surface area contributed by atoms with E-state index in [1.165, 1.54) is 0 Å². The van der Waals surface area contributed by atoms with Gasteiger partial charge in [-0.15, -0.1) is 0 Å². The van der Waals surface area contributed by atoms with Crippen LogP contribution in [0.25, 0.3) is 0 Å². The third-order valence-corrected chi connectivity index (χ3v) is 9.21. The van der Waals surface area contributed by atoms with Gasteiger partial charge in [-0.3, -0.25) is 14.4 Å². The van der Waals surface area contributed by atoms with E-state index in [1.807, 2.05) is 4.90 Å². The summed E-state index contributed by atoms with van der Waals surface area (Å²) in [4.78, 5) is 44.6. The number of halogens is 2. The lowest BCUT2D eigenvalue weighted by Crippen LogP contribution is -2.68. The van der Waals surface area contributed by atoms with Gasteiger partial charge in [0.25, 0.3) is 0 Å². The van der Waals surface area contributed by atoms with Crippen molar-refractivity contribution < 1.29 is 24.2 Å². The lowest BCUT2D eigenvalue weighted by atomic mass is 9.90. The molecule has 3 heterocycles. The second-order valence-electron chi connectivity index (χ2n) is 10.7. The Balaban J connectivity index is 1.18. The molecular weight excluding hydrogens is 505 g/mol. The zero-order valence-electron chi connectivity index (χ0n) is 20.5. The molecule has 5 rings (SSSR count). The molecule has 4 aliphatic rings. The van der Waals surface area contributed by atoms with E-state index in [4.69, 9.17) is 27.9 Å². The Morgan fingerprint density at radius 3 is 2.58 bits per heavy atom. The number of rotatable bonds is 5. The van der Waals surface area contributed by atoms with Gasteiger partial charge in [0, 0.05) is 26.1 Å². The molecule has 0 bridgehead atoms. The maximum Gasteiger partial charge on any atom is 0.245 e. The van der Waals surface area contributed by atoms with E-state index in [9.17, 15) is 19.5 Å². The summed E-state index contributed by atoms with van der Waals surface area (Å²) in [5, 5.41) is 11.2.